The fraction of sp³-hybridized carbons (Fsp3) is 0.176. The lowest BCUT2D eigenvalue weighted by molar-refractivity contribution is -0.119. The van der Waals surface area contributed by atoms with Crippen LogP contribution in [0.15, 0.2) is 48.5 Å². The molecular formula is C17H16F2N2O4. The minimum atomic E-state index is -2.87. The highest BCUT2D eigenvalue weighted by atomic mass is 19.3. The monoisotopic (exact) mass is 350 g/mol. The quantitative estimate of drug-likeness (QED) is 0.763. The highest BCUT2D eigenvalue weighted by Gasteiger charge is 2.07. The fourth-order valence-electron chi connectivity index (χ4n) is 1.93. The van der Waals surface area contributed by atoms with Gasteiger partial charge in [-0.3, -0.25) is 9.59 Å². The third-order valence-electron chi connectivity index (χ3n) is 3.10. The van der Waals surface area contributed by atoms with Crippen molar-refractivity contribution in [2.45, 2.75) is 13.2 Å². The molecule has 0 aliphatic carbocycles. The first-order valence-corrected chi connectivity index (χ1v) is 7.27. The van der Waals surface area contributed by atoms with Gasteiger partial charge in [-0.2, -0.15) is 8.78 Å². The molecule has 0 saturated heterocycles. The van der Waals surface area contributed by atoms with Gasteiger partial charge in [0.05, 0.1) is 0 Å². The second-order valence-corrected chi connectivity index (χ2v) is 4.98. The Hall–Kier alpha value is -3.16. The maximum absolute atomic E-state index is 12.1. The lowest BCUT2D eigenvalue weighted by Crippen LogP contribution is -2.23. The van der Waals surface area contributed by atoms with Crippen molar-refractivity contribution >= 4 is 11.8 Å². The van der Waals surface area contributed by atoms with Gasteiger partial charge in [-0.15, -0.1) is 0 Å². The van der Waals surface area contributed by atoms with Gasteiger partial charge in [0.1, 0.15) is 11.5 Å². The number of hydrogen-bond donors (Lipinski definition) is 2. The van der Waals surface area contributed by atoms with Crippen LogP contribution in [0.1, 0.15) is 15.9 Å². The van der Waals surface area contributed by atoms with Gasteiger partial charge in [0.2, 0.25) is 0 Å². The molecule has 3 N–H and O–H groups in total. The van der Waals surface area contributed by atoms with Gasteiger partial charge in [0.25, 0.3) is 11.8 Å². The first-order chi connectivity index (χ1) is 11.9. The molecule has 0 atom stereocenters. The van der Waals surface area contributed by atoms with E-state index in [1.165, 1.54) is 12.1 Å². The highest BCUT2D eigenvalue weighted by Crippen LogP contribution is 2.15. The molecule has 0 spiro atoms. The lowest BCUT2D eigenvalue weighted by Gasteiger charge is -2.08. The van der Waals surface area contributed by atoms with Crippen molar-refractivity contribution in [3.05, 3.63) is 59.7 Å². The van der Waals surface area contributed by atoms with Crippen LogP contribution >= 0.6 is 0 Å². The van der Waals surface area contributed by atoms with Crippen LogP contribution in [0.3, 0.4) is 0 Å². The Labute approximate surface area is 142 Å². The zero-order valence-corrected chi connectivity index (χ0v) is 13.1. The molecule has 0 saturated carbocycles. The first kappa shape index (κ1) is 18.2. The summed E-state index contributed by atoms with van der Waals surface area (Å²) < 4.78 is 33.5. The topological polar surface area (TPSA) is 90.7 Å². The largest absolute Gasteiger partial charge is 0.484 e. The molecular weight excluding hydrogens is 334 g/mol. The number of nitrogens with one attached hydrogen (secondary N) is 1. The van der Waals surface area contributed by atoms with Crippen molar-refractivity contribution < 1.29 is 27.8 Å². The molecule has 8 heteroatoms. The minimum Gasteiger partial charge on any atom is -0.484 e. The van der Waals surface area contributed by atoms with E-state index in [1.807, 2.05) is 0 Å². The molecule has 2 aromatic carbocycles. The van der Waals surface area contributed by atoms with Gasteiger partial charge >= 0.3 is 6.61 Å². The summed E-state index contributed by atoms with van der Waals surface area (Å²) in [5.74, 6) is -0.428. The Morgan fingerprint density at radius 2 is 1.60 bits per heavy atom. The Morgan fingerprint density at radius 1 is 1.00 bits per heavy atom. The summed E-state index contributed by atoms with van der Waals surface area (Å²) in [6, 6.07) is 12.2. The third kappa shape index (κ3) is 6.09. The predicted molar refractivity (Wildman–Crippen MR) is 85.4 cm³/mol. The Bertz CT molecular complexity index is 718. The van der Waals surface area contributed by atoms with E-state index in [-0.39, 0.29) is 24.8 Å². The van der Waals surface area contributed by atoms with E-state index in [9.17, 15) is 18.4 Å². The van der Waals surface area contributed by atoms with Crippen molar-refractivity contribution in [2.75, 3.05) is 6.61 Å². The van der Waals surface area contributed by atoms with Crippen LogP contribution in [0.4, 0.5) is 8.78 Å². The molecule has 0 aliphatic rings. The number of benzene rings is 2. The van der Waals surface area contributed by atoms with Gasteiger partial charge in [0.15, 0.2) is 6.61 Å². The van der Waals surface area contributed by atoms with E-state index in [0.29, 0.717) is 11.3 Å². The smallest absolute Gasteiger partial charge is 0.387 e. The summed E-state index contributed by atoms with van der Waals surface area (Å²) >= 11 is 0. The number of amides is 2. The second kappa shape index (κ2) is 8.62. The molecule has 0 unspecified atom stereocenters. The number of carbonyl (C=O) groups excluding carboxylic acids is 2. The molecule has 2 aromatic rings. The molecule has 0 bridgehead atoms. The van der Waals surface area contributed by atoms with E-state index in [1.54, 1.807) is 36.4 Å². The Kier molecular flexibility index (Phi) is 6.27. The lowest BCUT2D eigenvalue weighted by atomic mass is 10.2. The summed E-state index contributed by atoms with van der Waals surface area (Å²) in [4.78, 5) is 22.7. The highest BCUT2D eigenvalue weighted by molar-refractivity contribution is 5.94. The number of primary amides is 1. The first-order valence-electron chi connectivity index (χ1n) is 7.27. The molecule has 2 rings (SSSR count). The molecule has 0 radical (unpaired) electrons. The number of hydrogen-bond acceptors (Lipinski definition) is 4. The zero-order valence-electron chi connectivity index (χ0n) is 13.1. The molecule has 0 heterocycles. The van der Waals surface area contributed by atoms with Crippen LogP contribution in [-0.4, -0.2) is 25.0 Å². The van der Waals surface area contributed by atoms with Crippen LogP contribution < -0.4 is 20.5 Å². The van der Waals surface area contributed by atoms with Crippen molar-refractivity contribution in [1.29, 1.82) is 0 Å². The van der Waals surface area contributed by atoms with Crippen molar-refractivity contribution in [3.63, 3.8) is 0 Å². The number of rotatable bonds is 8. The number of alkyl halides is 2. The van der Waals surface area contributed by atoms with Crippen LogP contribution in [0.25, 0.3) is 0 Å². The van der Waals surface area contributed by atoms with E-state index < -0.39 is 12.5 Å². The molecule has 0 aliphatic heterocycles. The molecule has 6 nitrogen and oxygen atoms in total. The number of halogens is 2. The minimum absolute atomic E-state index is 0.0524. The average molecular weight is 350 g/mol. The second-order valence-electron chi connectivity index (χ2n) is 4.98. The molecule has 25 heavy (non-hydrogen) atoms. The van der Waals surface area contributed by atoms with E-state index in [4.69, 9.17) is 10.5 Å². The number of ether oxygens (including phenoxy) is 2. The summed E-state index contributed by atoms with van der Waals surface area (Å²) in [6.07, 6.45) is 0. The van der Waals surface area contributed by atoms with Gasteiger partial charge < -0.3 is 20.5 Å². The van der Waals surface area contributed by atoms with Gasteiger partial charge in [-0.05, 0) is 42.0 Å². The SMILES string of the molecule is NC(=O)COc1ccc(C(=O)NCc2ccc(OC(F)F)cc2)cc1. The summed E-state index contributed by atoms with van der Waals surface area (Å²) in [6.45, 7) is -2.88. The normalized spacial score (nSPS) is 10.4. The maximum Gasteiger partial charge on any atom is 0.387 e. The van der Waals surface area contributed by atoms with Crippen LogP contribution in [-0.2, 0) is 11.3 Å². The fourth-order valence-corrected chi connectivity index (χ4v) is 1.93. The van der Waals surface area contributed by atoms with Crippen LogP contribution in [0.5, 0.6) is 11.5 Å². The van der Waals surface area contributed by atoms with Crippen molar-refractivity contribution in [2.24, 2.45) is 5.73 Å². The van der Waals surface area contributed by atoms with E-state index >= 15 is 0 Å². The zero-order chi connectivity index (χ0) is 18.2. The van der Waals surface area contributed by atoms with Crippen molar-refractivity contribution in [3.8, 4) is 11.5 Å². The molecule has 2 amide bonds. The van der Waals surface area contributed by atoms with Gasteiger partial charge in [-0.1, -0.05) is 12.1 Å². The predicted octanol–water partition coefficient (Wildman–Crippen LogP) is 2.08. The van der Waals surface area contributed by atoms with Gasteiger partial charge in [-0.25, -0.2) is 0 Å². The summed E-state index contributed by atoms with van der Waals surface area (Å²) in [5.41, 5.74) is 6.11. The Morgan fingerprint density at radius 3 is 2.16 bits per heavy atom. The number of carbonyl (C=O) groups is 2. The van der Waals surface area contributed by atoms with E-state index in [2.05, 4.69) is 10.1 Å². The molecule has 0 fully saturated rings. The maximum atomic E-state index is 12.1. The molecule has 132 valence electrons. The van der Waals surface area contributed by atoms with Crippen molar-refractivity contribution in [1.82, 2.24) is 5.32 Å². The number of nitrogens with two attached hydrogens (primary N) is 1. The average Bonchev–Trinajstić information content (AvgIpc) is 2.59. The van der Waals surface area contributed by atoms with E-state index in [0.717, 1.165) is 5.56 Å². The van der Waals surface area contributed by atoms with Gasteiger partial charge in [0, 0.05) is 12.1 Å². The van der Waals surface area contributed by atoms with Crippen LogP contribution in [0.2, 0.25) is 0 Å². The summed E-state index contributed by atoms with van der Waals surface area (Å²) in [7, 11) is 0. The Balaban J connectivity index is 1.86. The standard InChI is InChI=1S/C17H16F2N2O4/c18-17(19)25-14-5-1-11(2-6-14)9-21-16(23)12-3-7-13(8-4-12)24-10-15(20)22/h1-8,17H,9-10H2,(H2,20,22)(H,21,23). The van der Waals surface area contributed by atoms with Crippen LogP contribution in [0, 0.1) is 0 Å². The molecule has 0 aromatic heterocycles. The summed E-state index contributed by atoms with van der Waals surface area (Å²) in [5, 5.41) is 2.70. The third-order valence-corrected chi connectivity index (χ3v) is 3.10.